The molecule has 0 fully saturated rings. The van der Waals surface area contributed by atoms with Gasteiger partial charge in [0.15, 0.2) is 0 Å². The molecule has 0 radical (unpaired) electrons. The fourth-order valence-corrected chi connectivity index (χ4v) is 2.39. The molecule has 24 heavy (non-hydrogen) atoms. The van der Waals surface area contributed by atoms with Crippen molar-refractivity contribution < 1.29 is 4.79 Å². The highest BCUT2D eigenvalue weighted by Gasteiger charge is 2.08. The zero-order valence-corrected chi connectivity index (χ0v) is 13.6. The van der Waals surface area contributed by atoms with E-state index >= 15 is 0 Å². The van der Waals surface area contributed by atoms with Crippen LogP contribution in [0.5, 0.6) is 0 Å². The predicted molar refractivity (Wildman–Crippen MR) is 91.1 cm³/mol. The first-order valence-electron chi connectivity index (χ1n) is 7.85. The summed E-state index contributed by atoms with van der Waals surface area (Å²) in [4.78, 5) is 30.7. The second kappa shape index (κ2) is 6.66. The lowest BCUT2D eigenvalue weighted by atomic mass is 10.1. The average Bonchev–Trinajstić information content (AvgIpc) is 2.99. The largest absolute Gasteiger partial charge is 0.350 e. The summed E-state index contributed by atoms with van der Waals surface area (Å²) >= 11 is 0. The molecule has 124 valence electrons. The maximum absolute atomic E-state index is 11.9. The Morgan fingerprint density at radius 3 is 2.79 bits per heavy atom. The molecular weight excluding hydrogens is 306 g/mol. The number of imidazole rings is 1. The summed E-state index contributed by atoms with van der Waals surface area (Å²) in [7, 11) is 0. The first kappa shape index (κ1) is 15.9. The Morgan fingerprint density at radius 2 is 2.08 bits per heavy atom. The van der Waals surface area contributed by atoms with Crippen molar-refractivity contribution in [3.05, 3.63) is 57.8 Å². The number of hydrogen-bond acceptors (Lipinski definition) is 4. The van der Waals surface area contributed by atoms with Crippen LogP contribution in [-0.2, 0) is 6.42 Å². The molecule has 1 amide bonds. The third kappa shape index (κ3) is 3.51. The maximum atomic E-state index is 11.9. The molecule has 3 aromatic rings. The van der Waals surface area contributed by atoms with Gasteiger partial charge in [-0.25, -0.2) is 10.1 Å². The molecule has 0 aliphatic heterocycles. The van der Waals surface area contributed by atoms with Crippen molar-refractivity contribution in [1.29, 1.82) is 0 Å². The lowest BCUT2D eigenvalue weighted by Gasteiger charge is -2.04. The average molecular weight is 325 g/mol. The van der Waals surface area contributed by atoms with Gasteiger partial charge in [-0.15, -0.1) is 0 Å². The van der Waals surface area contributed by atoms with E-state index in [0.717, 1.165) is 22.4 Å². The summed E-state index contributed by atoms with van der Waals surface area (Å²) in [5.74, 6) is 1.01. The fourth-order valence-electron chi connectivity index (χ4n) is 2.39. The van der Waals surface area contributed by atoms with Crippen molar-refractivity contribution in [3.8, 4) is 0 Å². The Labute approximate surface area is 138 Å². The number of aromatic amines is 2. The van der Waals surface area contributed by atoms with E-state index in [4.69, 9.17) is 0 Å². The van der Waals surface area contributed by atoms with Crippen LogP contribution in [0.25, 0.3) is 11.0 Å². The number of rotatable bonds is 5. The van der Waals surface area contributed by atoms with Crippen LogP contribution < -0.4 is 10.9 Å². The molecule has 2 heterocycles. The Balaban J connectivity index is 1.62. The first-order chi connectivity index (χ1) is 11.5. The number of benzene rings is 1. The highest BCUT2D eigenvalue weighted by atomic mass is 16.2. The molecule has 1 aromatic carbocycles. The number of nitrogens with one attached hydrogen (secondary N) is 3. The summed E-state index contributed by atoms with van der Waals surface area (Å²) in [5.41, 5.74) is 2.92. The van der Waals surface area contributed by atoms with Crippen molar-refractivity contribution in [1.82, 2.24) is 25.5 Å². The van der Waals surface area contributed by atoms with Crippen LogP contribution >= 0.6 is 0 Å². The zero-order valence-electron chi connectivity index (χ0n) is 13.6. The van der Waals surface area contributed by atoms with E-state index in [1.807, 2.05) is 12.1 Å². The van der Waals surface area contributed by atoms with Gasteiger partial charge in [0.1, 0.15) is 11.5 Å². The van der Waals surface area contributed by atoms with Gasteiger partial charge in [-0.2, -0.15) is 5.10 Å². The van der Waals surface area contributed by atoms with E-state index in [1.54, 1.807) is 0 Å². The quantitative estimate of drug-likeness (QED) is 0.664. The molecule has 0 saturated carbocycles. The van der Waals surface area contributed by atoms with Crippen LogP contribution in [0.1, 0.15) is 41.6 Å². The third-order valence-corrected chi connectivity index (χ3v) is 3.72. The Hall–Kier alpha value is -2.96. The van der Waals surface area contributed by atoms with Gasteiger partial charge in [0.25, 0.3) is 11.5 Å². The zero-order chi connectivity index (χ0) is 17.1. The second-order valence-corrected chi connectivity index (χ2v) is 5.94. The summed E-state index contributed by atoms with van der Waals surface area (Å²) in [6.45, 7) is 4.67. The molecule has 0 bridgehead atoms. The SMILES string of the molecule is CC(C)c1nc2ccc(CCNC(=O)c3ccc(=O)[nH]n3)cc2[nH]1. The van der Waals surface area contributed by atoms with Gasteiger partial charge in [0, 0.05) is 18.5 Å². The second-order valence-electron chi connectivity index (χ2n) is 5.94. The standard InChI is InChI=1S/C17H19N5O2/c1-10(2)16-19-12-4-3-11(9-14(12)20-16)7-8-18-17(24)13-5-6-15(23)22-21-13/h3-6,9-10H,7-8H2,1-2H3,(H,18,24)(H,19,20)(H,22,23). The lowest BCUT2D eigenvalue weighted by Crippen LogP contribution is -2.27. The minimum atomic E-state index is -0.333. The van der Waals surface area contributed by atoms with Crippen LogP contribution in [-0.4, -0.2) is 32.6 Å². The molecule has 3 N–H and O–H groups in total. The van der Waals surface area contributed by atoms with Crippen molar-refractivity contribution in [2.45, 2.75) is 26.2 Å². The summed E-state index contributed by atoms with van der Waals surface area (Å²) in [6, 6.07) is 8.73. The predicted octanol–water partition coefficient (Wildman–Crippen LogP) is 1.74. The van der Waals surface area contributed by atoms with Crippen LogP contribution in [0.15, 0.2) is 35.1 Å². The van der Waals surface area contributed by atoms with Crippen LogP contribution in [0.4, 0.5) is 0 Å². The van der Waals surface area contributed by atoms with Crippen molar-refractivity contribution >= 4 is 16.9 Å². The van der Waals surface area contributed by atoms with Crippen LogP contribution in [0.2, 0.25) is 0 Å². The van der Waals surface area contributed by atoms with Gasteiger partial charge in [-0.3, -0.25) is 9.59 Å². The van der Waals surface area contributed by atoms with Gasteiger partial charge in [-0.05, 0) is 30.2 Å². The van der Waals surface area contributed by atoms with Crippen molar-refractivity contribution in [2.24, 2.45) is 0 Å². The van der Waals surface area contributed by atoms with Gasteiger partial charge in [0.2, 0.25) is 0 Å². The molecule has 2 aromatic heterocycles. The summed E-state index contributed by atoms with van der Waals surface area (Å²) in [6.07, 6.45) is 0.696. The number of carbonyl (C=O) groups excluding carboxylic acids is 1. The molecule has 7 heteroatoms. The highest BCUT2D eigenvalue weighted by molar-refractivity contribution is 5.91. The normalized spacial score (nSPS) is 11.1. The molecule has 0 unspecified atom stereocenters. The Kier molecular flexibility index (Phi) is 4.41. The topological polar surface area (TPSA) is 104 Å². The summed E-state index contributed by atoms with van der Waals surface area (Å²) in [5, 5.41) is 8.73. The van der Waals surface area contributed by atoms with Crippen molar-refractivity contribution in [3.63, 3.8) is 0 Å². The van der Waals surface area contributed by atoms with Crippen LogP contribution in [0, 0.1) is 0 Å². The lowest BCUT2D eigenvalue weighted by molar-refractivity contribution is 0.0948. The van der Waals surface area contributed by atoms with Gasteiger partial charge >= 0.3 is 0 Å². The van der Waals surface area contributed by atoms with Gasteiger partial charge in [-0.1, -0.05) is 19.9 Å². The Morgan fingerprint density at radius 1 is 1.25 bits per heavy atom. The number of fused-ring (bicyclic) bond motifs is 1. The van der Waals surface area contributed by atoms with E-state index < -0.39 is 0 Å². The van der Waals surface area contributed by atoms with Crippen LogP contribution in [0.3, 0.4) is 0 Å². The molecule has 3 rings (SSSR count). The van der Waals surface area contributed by atoms with E-state index in [1.165, 1.54) is 12.1 Å². The van der Waals surface area contributed by atoms with Gasteiger partial charge < -0.3 is 10.3 Å². The van der Waals surface area contributed by atoms with E-state index in [0.29, 0.717) is 18.9 Å². The molecule has 7 nitrogen and oxygen atoms in total. The third-order valence-electron chi connectivity index (χ3n) is 3.72. The van der Waals surface area contributed by atoms with Crippen molar-refractivity contribution in [2.75, 3.05) is 6.54 Å². The fraction of sp³-hybridized carbons (Fsp3) is 0.294. The number of carbonyl (C=O) groups is 1. The van der Waals surface area contributed by atoms with E-state index in [-0.39, 0.29) is 17.2 Å². The number of hydrogen-bond donors (Lipinski definition) is 3. The molecule has 0 spiro atoms. The smallest absolute Gasteiger partial charge is 0.271 e. The first-order valence-corrected chi connectivity index (χ1v) is 7.85. The number of amides is 1. The minimum absolute atomic E-state index is 0.195. The minimum Gasteiger partial charge on any atom is -0.350 e. The molecule has 0 atom stereocenters. The molecule has 0 aliphatic carbocycles. The molecular formula is C17H19N5O2. The highest BCUT2D eigenvalue weighted by Crippen LogP contribution is 2.18. The number of aromatic nitrogens is 4. The Bertz CT molecular complexity index is 906. The molecule has 0 aliphatic rings. The summed E-state index contributed by atoms with van der Waals surface area (Å²) < 4.78 is 0. The molecule has 0 saturated heterocycles. The van der Waals surface area contributed by atoms with E-state index in [2.05, 4.69) is 45.4 Å². The van der Waals surface area contributed by atoms with E-state index in [9.17, 15) is 9.59 Å². The number of H-pyrrole nitrogens is 2. The number of nitrogens with zero attached hydrogens (tertiary/aromatic N) is 2. The monoisotopic (exact) mass is 325 g/mol. The maximum Gasteiger partial charge on any atom is 0.271 e. The van der Waals surface area contributed by atoms with Gasteiger partial charge in [0.05, 0.1) is 11.0 Å².